The Labute approximate surface area is 154 Å². The molecule has 0 spiro atoms. The van der Waals surface area contributed by atoms with Gasteiger partial charge in [-0.05, 0) is 18.9 Å². The van der Waals surface area contributed by atoms with E-state index in [4.69, 9.17) is 0 Å². The fourth-order valence-corrected chi connectivity index (χ4v) is 3.04. The fourth-order valence-electron chi connectivity index (χ4n) is 3.04. The van der Waals surface area contributed by atoms with Crippen molar-refractivity contribution in [1.82, 2.24) is 0 Å². The summed E-state index contributed by atoms with van der Waals surface area (Å²) in [6.45, 7) is 2.56. The lowest BCUT2D eigenvalue weighted by Crippen LogP contribution is -2.50. The van der Waals surface area contributed by atoms with Gasteiger partial charge >= 0.3 is 0 Å². The predicted octanol–water partition coefficient (Wildman–Crippen LogP) is 3.21. The van der Waals surface area contributed by atoms with Crippen LogP contribution in [0.1, 0.15) is 71.1 Å². The van der Waals surface area contributed by atoms with Crippen LogP contribution in [-0.2, 0) is 4.79 Å². The second-order valence-corrected chi connectivity index (χ2v) is 8.15. The van der Waals surface area contributed by atoms with E-state index < -0.39 is 11.6 Å². The third-order valence-electron chi connectivity index (χ3n) is 4.08. The molecule has 0 aromatic carbocycles. The van der Waals surface area contributed by atoms with Crippen LogP contribution in [0.2, 0.25) is 0 Å². The van der Waals surface area contributed by atoms with E-state index in [-0.39, 0.29) is 6.42 Å². The van der Waals surface area contributed by atoms with E-state index in [1.807, 2.05) is 27.2 Å². The van der Waals surface area contributed by atoms with Crippen molar-refractivity contribution in [3.05, 3.63) is 24.3 Å². The molecule has 0 saturated heterocycles. The molecule has 0 saturated carbocycles. The van der Waals surface area contributed by atoms with Gasteiger partial charge in [-0.15, -0.1) is 0 Å². The zero-order valence-corrected chi connectivity index (χ0v) is 16.8. The summed E-state index contributed by atoms with van der Waals surface area (Å²) in [5.74, 6) is -1.23. The fraction of sp³-hybridized carbons (Fsp3) is 0.762. The summed E-state index contributed by atoms with van der Waals surface area (Å²) in [5.41, 5.74) is -1.38. The molecule has 25 heavy (non-hydrogen) atoms. The van der Waals surface area contributed by atoms with Crippen molar-refractivity contribution in [1.29, 1.82) is 0 Å². The van der Waals surface area contributed by atoms with Gasteiger partial charge in [-0.3, -0.25) is 0 Å². The molecule has 0 aliphatic carbocycles. The van der Waals surface area contributed by atoms with Gasteiger partial charge in [0.25, 0.3) is 0 Å². The van der Waals surface area contributed by atoms with Crippen LogP contribution in [0.3, 0.4) is 0 Å². The lowest BCUT2D eigenvalue weighted by atomic mass is 9.97. The molecule has 0 heterocycles. The number of aliphatic carboxylic acids is 1. The number of nitrogens with zero attached hydrogens (tertiary/aromatic N) is 1. The van der Waals surface area contributed by atoms with E-state index in [1.54, 1.807) is 12.2 Å². The van der Waals surface area contributed by atoms with Crippen LogP contribution in [-0.4, -0.2) is 48.8 Å². The number of carboxylic acids is 1. The molecular weight excluding hydrogens is 314 g/mol. The Morgan fingerprint density at radius 2 is 1.56 bits per heavy atom. The Balaban J connectivity index is 4.07. The van der Waals surface area contributed by atoms with Crippen molar-refractivity contribution in [3.63, 3.8) is 0 Å². The highest BCUT2D eigenvalue weighted by atomic mass is 16.4. The number of hydrogen-bond acceptors (Lipinski definition) is 3. The number of aliphatic hydroxyl groups is 1. The molecule has 0 bridgehead atoms. The minimum absolute atomic E-state index is 0.323. The number of quaternary nitrogens is 1. The summed E-state index contributed by atoms with van der Waals surface area (Å²) in [5, 5.41) is 21.4. The van der Waals surface area contributed by atoms with Gasteiger partial charge in [-0.25, -0.2) is 0 Å². The van der Waals surface area contributed by atoms with Crippen LogP contribution in [0.5, 0.6) is 0 Å². The number of hydrogen-bond donors (Lipinski definition) is 1. The molecule has 1 atom stereocenters. The molecule has 0 radical (unpaired) electrons. The minimum Gasteiger partial charge on any atom is -0.550 e. The highest BCUT2D eigenvalue weighted by Crippen LogP contribution is 2.16. The SMILES string of the molecule is CCCCCCCCCC/C=C/C=C/C(O)(CC(=O)[O-])C[N+](C)(C)C. The van der Waals surface area contributed by atoms with Gasteiger partial charge in [0, 0.05) is 12.4 Å². The van der Waals surface area contributed by atoms with Crippen LogP contribution in [0.25, 0.3) is 0 Å². The Morgan fingerprint density at radius 3 is 2.08 bits per heavy atom. The smallest absolute Gasteiger partial charge is 0.137 e. The van der Waals surface area contributed by atoms with E-state index in [1.165, 1.54) is 51.4 Å². The number of carboxylic acid groups (broad SMARTS) is 1. The zero-order valence-electron chi connectivity index (χ0n) is 16.8. The summed E-state index contributed by atoms with van der Waals surface area (Å²) in [6.07, 6.45) is 18.4. The van der Waals surface area contributed by atoms with E-state index in [2.05, 4.69) is 13.0 Å². The van der Waals surface area contributed by atoms with Crippen molar-refractivity contribution in [2.24, 2.45) is 0 Å². The molecule has 1 unspecified atom stereocenters. The largest absolute Gasteiger partial charge is 0.550 e. The third-order valence-corrected chi connectivity index (χ3v) is 4.08. The molecule has 0 amide bonds. The van der Waals surface area contributed by atoms with Crippen molar-refractivity contribution in [2.45, 2.75) is 76.7 Å². The Morgan fingerprint density at radius 1 is 1.00 bits per heavy atom. The van der Waals surface area contributed by atoms with Crippen LogP contribution >= 0.6 is 0 Å². The average molecular weight is 354 g/mol. The molecular formula is C21H39NO3. The molecule has 0 aromatic rings. The molecule has 0 aromatic heterocycles. The van der Waals surface area contributed by atoms with Crippen molar-refractivity contribution in [3.8, 4) is 0 Å². The molecule has 0 fully saturated rings. The van der Waals surface area contributed by atoms with Gasteiger partial charge in [0.15, 0.2) is 0 Å². The number of likely N-dealkylation sites (N-methyl/N-ethyl adjacent to an activating group) is 1. The van der Waals surface area contributed by atoms with Gasteiger partial charge in [-0.2, -0.15) is 0 Å². The Bertz CT molecular complexity index is 410. The first-order chi connectivity index (χ1) is 11.7. The first-order valence-corrected chi connectivity index (χ1v) is 9.75. The molecule has 1 N–H and O–H groups in total. The van der Waals surface area contributed by atoms with Gasteiger partial charge in [0.1, 0.15) is 12.1 Å². The molecule has 146 valence electrons. The van der Waals surface area contributed by atoms with E-state index in [0.717, 1.165) is 6.42 Å². The third kappa shape index (κ3) is 16.1. The summed E-state index contributed by atoms with van der Waals surface area (Å²) in [4.78, 5) is 10.9. The summed E-state index contributed by atoms with van der Waals surface area (Å²) < 4.78 is 0.482. The number of unbranched alkanes of at least 4 members (excludes halogenated alkanes) is 8. The first kappa shape index (κ1) is 23.9. The monoisotopic (exact) mass is 353 g/mol. The highest BCUT2D eigenvalue weighted by Gasteiger charge is 2.30. The standard InChI is InChI=1S/C21H39NO3/c1-5-6-7-8-9-10-11-12-13-14-15-16-17-21(25,18-20(23)24)19-22(2,3)4/h14-17,25H,5-13,18-19H2,1-4H3/b15-14+,17-16+. The molecule has 0 aliphatic rings. The number of rotatable bonds is 15. The quantitative estimate of drug-likeness (QED) is 0.279. The van der Waals surface area contributed by atoms with Crippen LogP contribution in [0, 0.1) is 0 Å². The molecule has 0 aliphatic heterocycles. The number of carbonyl (C=O) groups excluding carboxylic acids is 1. The summed E-state index contributed by atoms with van der Waals surface area (Å²) >= 11 is 0. The average Bonchev–Trinajstić information content (AvgIpc) is 2.45. The Kier molecular flexibility index (Phi) is 12.5. The number of allylic oxidation sites excluding steroid dienone is 3. The van der Waals surface area contributed by atoms with Gasteiger partial charge < -0.3 is 19.5 Å². The van der Waals surface area contributed by atoms with Gasteiger partial charge in [0.05, 0.1) is 21.1 Å². The van der Waals surface area contributed by atoms with Crippen LogP contribution < -0.4 is 5.11 Å². The second kappa shape index (κ2) is 13.1. The maximum absolute atomic E-state index is 10.9. The Hall–Kier alpha value is -1.13. The maximum atomic E-state index is 10.9. The normalized spacial score (nSPS) is 15.1. The zero-order chi connectivity index (χ0) is 19.2. The number of carbonyl (C=O) groups is 1. The van der Waals surface area contributed by atoms with Gasteiger partial charge in [0.2, 0.25) is 0 Å². The maximum Gasteiger partial charge on any atom is 0.137 e. The van der Waals surface area contributed by atoms with Crippen LogP contribution in [0.15, 0.2) is 24.3 Å². The van der Waals surface area contributed by atoms with Crippen molar-refractivity contribution in [2.75, 3.05) is 27.7 Å². The van der Waals surface area contributed by atoms with E-state index >= 15 is 0 Å². The highest BCUT2D eigenvalue weighted by molar-refractivity contribution is 5.66. The van der Waals surface area contributed by atoms with E-state index in [0.29, 0.717) is 11.0 Å². The summed E-state index contributed by atoms with van der Waals surface area (Å²) in [7, 11) is 5.77. The predicted molar refractivity (Wildman–Crippen MR) is 103 cm³/mol. The van der Waals surface area contributed by atoms with Crippen LogP contribution in [0.4, 0.5) is 0 Å². The summed E-state index contributed by atoms with van der Waals surface area (Å²) in [6, 6.07) is 0. The van der Waals surface area contributed by atoms with Crippen molar-refractivity contribution >= 4 is 5.97 Å². The lowest BCUT2D eigenvalue weighted by molar-refractivity contribution is -0.876. The van der Waals surface area contributed by atoms with E-state index in [9.17, 15) is 15.0 Å². The van der Waals surface area contributed by atoms with Gasteiger partial charge in [-0.1, -0.05) is 70.1 Å². The second-order valence-electron chi connectivity index (χ2n) is 8.15. The molecule has 0 rings (SSSR count). The molecule has 4 nitrogen and oxygen atoms in total. The van der Waals surface area contributed by atoms with Crippen molar-refractivity contribution < 1.29 is 19.5 Å². The minimum atomic E-state index is -1.38. The first-order valence-electron chi connectivity index (χ1n) is 9.75. The lowest BCUT2D eigenvalue weighted by Gasteiger charge is -2.34. The molecule has 4 heteroatoms. The topological polar surface area (TPSA) is 60.4 Å².